The molecule has 0 amide bonds. The second-order valence-electron chi connectivity index (χ2n) is 6.44. The van der Waals surface area contributed by atoms with Crippen LogP contribution in [-0.2, 0) is 10.0 Å². The van der Waals surface area contributed by atoms with E-state index in [1.165, 1.54) is 7.05 Å². The van der Waals surface area contributed by atoms with Crippen molar-refractivity contribution in [1.82, 2.24) is 14.7 Å². The van der Waals surface area contributed by atoms with E-state index in [1.54, 1.807) is 18.2 Å². The van der Waals surface area contributed by atoms with Crippen molar-refractivity contribution in [2.45, 2.75) is 4.90 Å². The lowest BCUT2D eigenvalue weighted by Gasteiger charge is -2.09. The van der Waals surface area contributed by atoms with Gasteiger partial charge in [0.05, 0.1) is 15.9 Å². The van der Waals surface area contributed by atoms with Crippen molar-refractivity contribution in [1.29, 1.82) is 0 Å². The molecule has 3 aromatic carbocycles. The topological polar surface area (TPSA) is 74.8 Å². The Hall–Kier alpha value is -2.93. The molecule has 1 heterocycles. The Bertz CT molecular complexity index is 1310. The predicted molar refractivity (Wildman–Crippen MR) is 118 cm³/mol. The highest BCUT2D eigenvalue weighted by Crippen LogP contribution is 2.29. The number of sulfonamides is 1. The summed E-state index contributed by atoms with van der Waals surface area (Å²) in [5.74, 6) is 0.711. The highest BCUT2D eigenvalue weighted by Gasteiger charge is 2.17. The molecule has 0 bridgehead atoms. The van der Waals surface area contributed by atoms with E-state index in [1.807, 2.05) is 60.7 Å². The van der Waals surface area contributed by atoms with Gasteiger partial charge in [-0.1, -0.05) is 54.1 Å². The Balaban J connectivity index is 1.71. The SMILES string of the molecule is CNS(=O)(=O)c1ccccc1-c1ccc2[nH]c(/C=C/c3ccc(Cl)cc3)nc2c1. The molecule has 2 N–H and O–H groups in total. The number of fused-ring (bicyclic) bond motifs is 1. The number of hydrogen-bond donors (Lipinski definition) is 2. The quantitative estimate of drug-likeness (QED) is 0.476. The molecular formula is C22H18ClN3O2S. The monoisotopic (exact) mass is 423 g/mol. The van der Waals surface area contributed by atoms with Gasteiger partial charge in [0.2, 0.25) is 10.0 Å². The van der Waals surface area contributed by atoms with E-state index in [-0.39, 0.29) is 4.90 Å². The first kappa shape index (κ1) is 19.4. The van der Waals surface area contributed by atoms with Crippen molar-refractivity contribution in [2.24, 2.45) is 0 Å². The molecule has 0 aliphatic carbocycles. The maximum absolute atomic E-state index is 12.4. The van der Waals surface area contributed by atoms with Gasteiger partial charge in [-0.05, 0) is 54.6 Å². The first-order chi connectivity index (χ1) is 14.0. The van der Waals surface area contributed by atoms with Gasteiger partial charge in [0.15, 0.2) is 0 Å². The third-order valence-electron chi connectivity index (χ3n) is 4.56. The fraction of sp³-hybridized carbons (Fsp3) is 0.0455. The summed E-state index contributed by atoms with van der Waals surface area (Å²) in [5, 5.41) is 0.694. The van der Waals surface area contributed by atoms with Crippen LogP contribution in [0, 0.1) is 0 Å². The van der Waals surface area contributed by atoms with Gasteiger partial charge in [0.1, 0.15) is 5.82 Å². The molecule has 0 aliphatic rings. The Morgan fingerprint density at radius 2 is 1.76 bits per heavy atom. The van der Waals surface area contributed by atoms with Gasteiger partial charge in [-0.15, -0.1) is 0 Å². The van der Waals surface area contributed by atoms with Gasteiger partial charge in [-0.2, -0.15) is 0 Å². The summed E-state index contributed by atoms with van der Waals surface area (Å²) in [6.45, 7) is 0. The minimum absolute atomic E-state index is 0.236. The zero-order chi connectivity index (χ0) is 20.4. The van der Waals surface area contributed by atoms with Crippen molar-refractivity contribution < 1.29 is 8.42 Å². The van der Waals surface area contributed by atoms with Crippen LogP contribution in [0.4, 0.5) is 0 Å². The molecule has 29 heavy (non-hydrogen) atoms. The van der Waals surface area contributed by atoms with Crippen LogP contribution in [0.25, 0.3) is 34.3 Å². The summed E-state index contributed by atoms with van der Waals surface area (Å²) in [5.41, 5.74) is 4.06. The van der Waals surface area contributed by atoms with E-state index in [9.17, 15) is 8.42 Å². The summed E-state index contributed by atoms with van der Waals surface area (Å²) < 4.78 is 27.1. The molecule has 146 valence electrons. The molecule has 0 radical (unpaired) electrons. The van der Waals surface area contributed by atoms with Crippen molar-refractivity contribution >= 4 is 44.8 Å². The van der Waals surface area contributed by atoms with Crippen LogP contribution in [0.15, 0.2) is 71.6 Å². The summed E-state index contributed by atoms with van der Waals surface area (Å²) in [7, 11) is -2.16. The predicted octanol–water partition coefficient (Wildman–Crippen LogP) is 4.96. The second-order valence-corrected chi connectivity index (χ2v) is 8.73. The average molecular weight is 424 g/mol. The van der Waals surface area contributed by atoms with Gasteiger partial charge < -0.3 is 4.98 Å². The number of H-pyrrole nitrogens is 1. The number of benzene rings is 3. The zero-order valence-electron chi connectivity index (χ0n) is 15.6. The number of imidazole rings is 1. The molecule has 4 aromatic rings. The lowest BCUT2D eigenvalue weighted by molar-refractivity contribution is 0.588. The first-order valence-corrected chi connectivity index (χ1v) is 10.8. The fourth-order valence-electron chi connectivity index (χ4n) is 3.07. The van der Waals surface area contributed by atoms with Gasteiger partial charge in [0.25, 0.3) is 0 Å². The number of aromatic amines is 1. The maximum Gasteiger partial charge on any atom is 0.240 e. The highest BCUT2D eigenvalue weighted by atomic mass is 35.5. The number of rotatable bonds is 5. The maximum atomic E-state index is 12.4. The minimum Gasteiger partial charge on any atom is -0.338 e. The number of nitrogens with zero attached hydrogens (tertiary/aromatic N) is 1. The standard InChI is InChI=1S/C22H18ClN3O2S/c1-24-29(27,28)21-5-3-2-4-18(21)16-9-12-19-20(14-16)26-22(25-19)13-8-15-6-10-17(23)11-7-15/h2-14,24H,1H3,(H,25,26)/b13-8+. The number of nitrogens with one attached hydrogen (secondary N) is 2. The molecule has 4 rings (SSSR count). The number of hydrogen-bond acceptors (Lipinski definition) is 3. The largest absolute Gasteiger partial charge is 0.338 e. The molecule has 0 saturated heterocycles. The molecule has 0 aliphatic heterocycles. The van der Waals surface area contributed by atoms with Crippen molar-refractivity contribution in [3.05, 3.63) is 83.1 Å². The van der Waals surface area contributed by atoms with E-state index in [2.05, 4.69) is 14.7 Å². The summed E-state index contributed by atoms with van der Waals surface area (Å²) in [6, 6.07) is 20.1. The Morgan fingerprint density at radius 3 is 2.52 bits per heavy atom. The van der Waals surface area contributed by atoms with Crippen LogP contribution < -0.4 is 4.72 Å². The fourth-order valence-corrected chi connectivity index (χ4v) is 4.15. The van der Waals surface area contributed by atoms with E-state index in [0.29, 0.717) is 16.4 Å². The van der Waals surface area contributed by atoms with E-state index in [0.717, 1.165) is 22.2 Å². The minimum atomic E-state index is -3.57. The summed E-state index contributed by atoms with van der Waals surface area (Å²) >= 11 is 5.91. The van der Waals surface area contributed by atoms with Gasteiger partial charge in [0, 0.05) is 10.6 Å². The van der Waals surface area contributed by atoms with Crippen LogP contribution in [0.2, 0.25) is 5.02 Å². The van der Waals surface area contributed by atoms with E-state index >= 15 is 0 Å². The second kappa shape index (κ2) is 7.83. The third kappa shape index (κ3) is 4.10. The van der Waals surface area contributed by atoms with Crippen molar-refractivity contribution in [3.63, 3.8) is 0 Å². The molecule has 7 heteroatoms. The van der Waals surface area contributed by atoms with Gasteiger partial charge in [-0.25, -0.2) is 18.1 Å². The Morgan fingerprint density at radius 1 is 1.00 bits per heavy atom. The number of halogens is 1. The zero-order valence-corrected chi connectivity index (χ0v) is 17.1. The molecule has 0 fully saturated rings. The third-order valence-corrected chi connectivity index (χ3v) is 6.29. The van der Waals surface area contributed by atoms with E-state index < -0.39 is 10.0 Å². The van der Waals surface area contributed by atoms with Crippen LogP contribution >= 0.6 is 11.6 Å². The Kier molecular flexibility index (Phi) is 5.24. The normalized spacial score (nSPS) is 12.1. The molecule has 0 spiro atoms. The Labute approximate surface area is 174 Å². The highest BCUT2D eigenvalue weighted by molar-refractivity contribution is 7.89. The molecule has 0 atom stereocenters. The van der Waals surface area contributed by atoms with Gasteiger partial charge >= 0.3 is 0 Å². The van der Waals surface area contributed by atoms with Crippen LogP contribution in [-0.4, -0.2) is 25.4 Å². The van der Waals surface area contributed by atoms with Gasteiger partial charge in [-0.3, -0.25) is 0 Å². The number of aromatic nitrogens is 2. The smallest absolute Gasteiger partial charge is 0.240 e. The molecule has 0 saturated carbocycles. The molecule has 0 unspecified atom stereocenters. The van der Waals surface area contributed by atoms with E-state index in [4.69, 9.17) is 11.6 Å². The van der Waals surface area contributed by atoms with Crippen LogP contribution in [0.1, 0.15) is 11.4 Å². The van der Waals surface area contributed by atoms with Crippen LogP contribution in [0.3, 0.4) is 0 Å². The van der Waals surface area contributed by atoms with Crippen LogP contribution in [0.5, 0.6) is 0 Å². The molecule has 5 nitrogen and oxygen atoms in total. The molecule has 1 aromatic heterocycles. The van der Waals surface area contributed by atoms with Crippen molar-refractivity contribution in [2.75, 3.05) is 7.05 Å². The lowest BCUT2D eigenvalue weighted by Crippen LogP contribution is -2.19. The summed E-state index contributed by atoms with van der Waals surface area (Å²) in [4.78, 5) is 8.10. The lowest BCUT2D eigenvalue weighted by atomic mass is 10.1. The van der Waals surface area contributed by atoms with Crippen molar-refractivity contribution in [3.8, 4) is 11.1 Å². The molecular weight excluding hydrogens is 406 g/mol. The first-order valence-electron chi connectivity index (χ1n) is 8.93. The average Bonchev–Trinajstić information content (AvgIpc) is 3.15. The summed E-state index contributed by atoms with van der Waals surface area (Å²) in [6.07, 6.45) is 3.84.